The van der Waals surface area contributed by atoms with Gasteiger partial charge in [0.1, 0.15) is 18.1 Å². The summed E-state index contributed by atoms with van der Waals surface area (Å²) < 4.78 is 0. The van der Waals surface area contributed by atoms with Crippen LogP contribution in [0.1, 0.15) is 45.7 Å². The smallest absolute Gasteiger partial charge is 0.326 e. The molecule has 1 rings (SSSR count). The molecule has 0 aliphatic rings. The zero-order chi connectivity index (χ0) is 25.1. The summed E-state index contributed by atoms with van der Waals surface area (Å²) in [5.41, 5.74) is 11.4. The van der Waals surface area contributed by atoms with Crippen LogP contribution in [0.2, 0.25) is 0 Å². The number of rotatable bonds is 14. The summed E-state index contributed by atoms with van der Waals surface area (Å²) in [5, 5.41) is 16.7. The first-order valence-corrected chi connectivity index (χ1v) is 10.6. The monoisotopic (exact) mass is 467 g/mol. The third-order valence-corrected chi connectivity index (χ3v) is 5.22. The maximum absolute atomic E-state index is 12.8. The minimum atomic E-state index is -1.38. The number of nitrogens with two attached hydrogens (primary N) is 2. The quantitative estimate of drug-likeness (QED) is 0.164. The molecule has 4 amide bonds. The second kappa shape index (κ2) is 13.2. The van der Waals surface area contributed by atoms with Gasteiger partial charge in [0.15, 0.2) is 0 Å². The van der Waals surface area contributed by atoms with E-state index in [0.29, 0.717) is 12.1 Å². The predicted molar refractivity (Wildman–Crippen MR) is 117 cm³/mol. The molecule has 13 heteroatoms. The molecule has 13 nitrogen and oxygen atoms in total. The number of nitrogens with one attached hydrogen (secondary N) is 4. The molecule has 1 aromatic rings. The number of hydrogen-bond donors (Lipinski definition) is 7. The van der Waals surface area contributed by atoms with E-state index < -0.39 is 53.8 Å². The number of nitrogens with zero attached hydrogens (tertiary/aromatic N) is 1. The topological polar surface area (TPSA) is 222 Å². The molecule has 9 N–H and O–H groups in total. The van der Waals surface area contributed by atoms with Crippen LogP contribution in [0.25, 0.3) is 0 Å². The standard InChI is InChI=1S/C20H33N7O6/c1-4-10(2)16(22)19(31)25-11(3)17(29)27-14(7-12-8-23-9-24-12)18(30)26-13(20(32)33)5-6-15(21)28/h8-11,13-14,16H,4-7,22H2,1-3H3,(H2,21,28)(H,23,24)(H,25,31)(H,26,30)(H,27,29)(H,32,33). The number of amides is 4. The van der Waals surface area contributed by atoms with Crippen LogP contribution >= 0.6 is 0 Å². The van der Waals surface area contributed by atoms with Crippen molar-refractivity contribution in [1.29, 1.82) is 0 Å². The van der Waals surface area contributed by atoms with Crippen molar-refractivity contribution in [1.82, 2.24) is 25.9 Å². The number of aliphatic carboxylic acids is 1. The molecular weight excluding hydrogens is 434 g/mol. The van der Waals surface area contributed by atoms with E-state index in [9.17, 15) is 29.1 Å². The summed E-state index contributed by atoms with van der Waals surface area (Å²) in [7, 11) is 0. The first-order chi connectivity index (χ1) is 15.5. The number of carboxylic acids is 1. The molecular formula is C20H33N7O6. The highest BCUT2D eigenvalue weighted by Crippen LogP contribution is 2.06. The number of carboxylic acid groups (broad SMARTS) is 1. The van der Waals surface area contributed by atoms with Crippen molar-refractivity contribution >= 4 is 29.6 Å². The van der Waals surface area contributed by atoms with E-state index in [1.807, 2.05) is 13.8 Å². The van der Waals surface area contributed by atoms with Gasteiger partial charge in [-0.3, -0.25) is 19.2 Å². The molecule has 184 valence electrons. The number of imidazole rings is 1. The maximum Gasteiger partial charge on any atom is 0.326 e. The number of H-pyrrole nitrogens is 1. The van der Waals surface area contributed by atoms with E-state index in [4.69, 9.17) is 11.5 Å². The SMILES string of the molecule is CCC(C)C(N)C(=O)NC(C)C(=O)NC(Cc1cnc[nH]1)C(=O)NC(CCC(N)=O)C(=O)O. The Bertz CT molecular complexity index is 829. The van der Waals surface area contributed by atoms with E-state index in [0.717, 1.165) is 0 Å². The van der Waals surface area contributed by atoms with E-state index in [2.05, 4.69) is 25.9 Å². The lowest BCUT2D eigenvalue weighted by Gasteiger charge is -2.24. The minimum absolute atomic E-state index is 0.0211. The van der Waals surface area contributed by atoms with Crippen LogP contribution in [0.4, 0.5) is 0 Å². The number of aromatic amines is 1. The molecule has 0 aliphatic carbocycles. The molecule has 0 aliphatic heterocycles. The fourth-order valence-corrected chi connectivity index (χ4v) is 2.83. The van der Waals surface area contributed by atoms with Gasteiger partial charge in [0.05, 0.1) is 12.4 Å². The van der Waals surface area contributed by atoms with Crippen LogP contribution in [0.3, 0.4) is 0 Å². The molecule has 0 aromatic carbocycles. The third-order valence-electron chi connectivity index (χ3n) is 5.22. The number of aromatic nitrogens is 2. The Balaban J connectivity index is 2.89. The second-order valence-electron chi connectivity index (χ2n) is 7.89. The molecule has 0 radical (unpaired) electrons. The molecule has 1 aromatic heterocycles. The fraction of sp³-hybridized carbons (Fsp3) is 0.600. The van der Waals surface area contributed by atoms with E-state index in [1.54, 1.807) is 0 Å². The van der Waals surface area contributed by atoms with E-state index in [-0.39, 0.29) is 25.2 Å². The van der Waals surface area contributed by atoms with Gasteiger partial charge < -0.3 is 37.5 Å². The summed E-state index contributed by atoms with van der Waals surface area (Å²) >= 11 is 0. The van der Waals surface area contributed by atoms with Gasteiger partial charge in [-0.2, -0.15) is 0 Å². The van der Waals surface area contributed by atoms with Gasteiger partial charge in [0, 0.05) is 24.7 Å². The van der Waals surface area contributed by atoms with E-state index >= 15 is 0 Å². The highest BCUT2D eigenvalue weighted by Gasteiger charge is 2.30. The molecule has 5 unspecified atom stereocenters. The van der Waals surface area contributed by atoms with Crippen molar-refractivity contribution in [2.45, 2.75) is 70.6 Å². The zero-order valence-corrected chi connectivity index (χ0v) is 19.0. The maximum atomic E-state index is 12.8. The summed E-state index contributed by atoms with van der Waals surface area (Å²) in [6.45, 7) is 5.14. The average molecular weight is 468 g/mol. The number of primary amides is 1. The van der Waals surface area contributed by atoms with Crippen LogP contribution < -0.4 is 27.4 Å². The lowest BCUT2D eigenvalue weighted by atomic mass is 9.99. The van der Waals surface area contributed by atoms with Gasteiger partial charge >= 0.3 is 5.97 Å². The second-order valence-corrected chi connectivity index (χ2v) is 7.89. The Kier molecular flexibility index (Phi) is 11.0. The Labute approximate surface area is 191 Å². The Hall–Kier alpha value is -3.48. The van der Waals surface area contributed by atoms with Crippen molar-refractivity contribution in [3.05, 3.63) is 18.2 Å². The van der Waals surface area contributed by atoms with E-state index in [1.165, 1.54) is 19.4 Å². The zero-order valence-electron chi connectivity index (χ0n) is 19.0. The largest absolute Gasteiger partial charge is 0.480 e. The molecule has 0 bridgehead atoms. The van der Waals surface area contributed by atoms with Gasteiger partial charge in [0.25, 0.3) is 0 Å². The lowest BCUT2D eigenvalue weighted by Crippen LogP contribution is -2.57. The van der Waals surface area contributed by atoms with Crippen molar-refractivity contribution in [3.63, 3.8) is 0 Å². The van der Waals surface area contributed by atoms with Gasteiger partial charge in [-0.1, -0.05) is 20.3 Å². The number of carbonyl (C=O) groups is 5. The van der Waals surface area contributed by atoms with Gasteiger partial charge in [0.2, 0.25) is 23.6 Å². The molecule has 33 heavy (non-hydrogen) atoms. The molecule has 1 heterocycles. The number of carbonyl (C=O) groups excluding carboxylic acids is 4. The lowest BCUT2D eigenvalue weighted by molar-refractivity contribution is -0.142. The third kappa shape index (κ3) is 9.27. The van der Waals surface area contributed by atoms with Gasteiger partial charge in [-0.25, -0.2) is 9.78 Å². The molecule has 0 saturated heterocycles. The van der Waals surface area contributed by atoms with Crippen molar-refractivity contribution in [2.24, 2.45) is 17.4 Å². The molecule has 0 saturated carbocycles. The van der Waals surface area contributed by atoms with Gasteiger partial charge in [-0.05, 0) is 19.3 Å². The minimum Gasteiger partial charge on any atom is -0.480 e. The van der Waals surface area contributed by atoms with Crippen LogP contribution in [0.5, 0.6) is 0 Å². The van der Waals surface area contributed by atoms with Gasteiger partial charge in [-0.15, -0.1) is 0 Å². The highest BCUT2D eigenvalue weighted by atomic mass is 16.4. The van der Waals surface area contributed by atoms with Crippen LogP contribution in [-0.2, 0) is 30.4 Å². The van der Waals surface area contributed by atoms with Crippen molar-refractivity contribution < 1.29 is 29.1 Å². The Morgan fingerprint density at radius 2 is 1.70 bits per heavy atom. The van der Waals surface area contributed by atoms with Crippen LogP contribution in [-0.4, -0.2) is 68.8 Å². The van der Waals surface area contributed by atoms with Crippen LogP contribution in [0, 0.1) is 5.92 Å². The summed E-state index contributed by atoms with van der Waals surface area (Å²) in [6.07, 6.45) is 3.05. The predicted octanol–water partition coefficient (Wildman–Crippen LogP) is -1.85. The molecule has 5 atom stereocenters. The summed E-state index contributed by atoms with van der Waals surface area (Å²) in [5.74, 6) is -4.10. The van der Waals surface area contributed by atoms with Crippen molar-refractivity contribution in [3.8, 4) is 0 Å². The number of hydrogen-bond acceptors (Lipinski definition) is 7. The fourth-order valence-electron chi connectivity index (χ4n) is 2.83. The normalized spacial score (nSPS) is 15.4. The highest BCUT2D eigenvalue weighted by molar-refractivity contribution is 5.94. The molecule has 0 fully saturated rings. The molecule has 0 spiro atoms. The first-order valence-electron chi connectivity index (χ1n) is 10.6. The summed E-state index contributed by atoms with van der Waals surface area (Å²) in [6, 6.07) is -4.36. The average Bonchev–Trinajstić information content (AvgIpc) is 3.27. The van der Waals surface area contributed by atoms with Crippen molar-refractivity contribution in [2.75, 3.05) is 0 Å². The Morgan fingerprint density at radius 1 is 1.06 bits per heavy atom. The summed E-state index contributed by atoms with van der Waals surface area (Å²) in [4.78, 5) is 66.8. The van der Waals surface area contributed by atoms with Crippen LogP contribution in [0.15, 0.2) is 12.5 Å². The Morgan fingerprint density at radius 3 is 2.21 bits per heavy atom. The first kappa shape index (κ1) is 27.6.